The number of unbranched alkanes of at least 4 members (excludes halogenated alkanes) is 1. The molecule has 2 amide bonds. The predicted molar refractivity (Wildman–Crippen MR) is 106 cm³/mol. The van der Waals surface area contributed by atoms with Gasteiger partial charge in [0.25, 0.3) is 0 Å². The van der Waals surface area contributed by atoms with Crippen LogP contribution in [0.2, 0.25) is 0 Å². The van der Waals surface area contributed by atoms with Crippen molar-refractivity contribution in [3.63, 3.8) is 0 Å². The van der Waals surface area contributed by atoms with E-state index in [4.69, 9.17) is 4.42 Å². The smallest absolute Gasteiger partial charge is 0.315 e. The first-order valence-electron chi connectivity index (χ1n) is 10.0. The molecule has 1 fully saturated rings. The van der Waals surface area contributed by atoms with Crippen molar-refractivity contribution in [1.29, 1.82) is 0 Å². The van der Waals surface area contributed by atoms with Crippen molar-refractivity contribution in [2.24, 2.45) is 0 Å². The monoisotopic (exact) mass is 370 g/mol. The van der Waals surface area contributed by atoms with E-state index in [9.17, 15) is 4.79 Å². The van der Waals surface area contributed by atoms with Crippen molar-refractivity contribution >= 4 is 6.03 Å². The second-order valence-electron chi connectivity index (χ2n) is 7.09. The Morgan fingerprint density at radius 3 is 2.93 bits per heavy atom. The van der Waals surface area contributed by atoms with Gasteiger partial charge in [0, 0.05) is 18.2 Å². The SMILES string of the molecule is CCCCN1CCCCC1CNC(=O)NCc1ncc(-c2ccccc2)o1. The van der Waals surface area contributed by atoms with Gasteiger partial charge >= 0.3 is 6.03 Å². The van der Waals surface area contributed by atoms with Gasteiger partial charge < -0.3 is 15.1 Å². The average Bonchev–Trinajstić information content (AvgIpc) is 3.19. The number of hydrogen-bond acceptors (Lipinski definition) is 4. The first kappa shape index (κ1) is 19.4. The summed E-state index contributed by atoms with van der Waals surface area (Å²) < 4.78 is 5.71. The molecule has 1 aliphatic rings. The third-order valence-electron chi connectivity index (χ3n) is 5.06. The summed E-state index contributed by atoms with van der Waals surface area (Å²) in [4.78, 5) is 18.9. The number of aromatic nitrogens is 1. The molecule has 1 atom stereocenters. The van der Waals surface area contributed by atoms with E-state index < -0.39 is 0 Å². The Morgan fingerprint density at radius 2 is 2.11 bits per heavy atom. The molecule has 2 aromatic rings. The maximum atomic E-state index is 12.1. The van der Waals surface area contributed by atoms with Crippen LogP contribution in [0.25, 0.3) is 11.3 Å². The molecule has 1 saturated heterocycles. The molecule has 1 unspecified atom stereocenters. The fourth-order valence-electron chi connectivity index (χ4n) is 3.50. The number of nitrogens with one attached hydrogen (secondary N) is 2. The zero-order valence-electron chi connectivity index (χ0n) is 16.1. The highest BCUT2D eigenvalue weighted by Crippen LogP contribution is 2.19. The molecule has 2 heterocycles. The summed E-state index contributed by atoms with van der Waals surface area (Å²) in [5.74, 6) is 1.22. The summed E-state index contributed by atoms with van der Waals surface area (Å²) >= 11 is 0. The highest BCUT2D eigenvalue weighted by molar-refractivity contribution is 5.73. The zero-order chi connectivity index (χ0) is 18.9. The molecular weight excluding hydrogens is 340 g/mol. The Labute approximate surface area is 161 Å². The van der Waals surface area contributed by atoms with Crippen molar-refractivity contribution in [1.82, 2.24) is 20.5 Å². The third-order valence-corrected chi connectivity index (χ3v) is 5.06. The van der Waals surface area contributed by atoms with Gasteiger partial charge in [-0.05, 0) is 32.4 Å². The molecule has 146 valence electrons. The van der Waals surface area contributed by atoms with E-state index in [-0.39, 0.29) is 12.6 Å². The van der Waals surface area contributed by atoms with Crippen LogP contribution >= 0.6 is 0 Å². The first-order valence-corrected chi connectivity index (χ1v) is 10.0. The summed E-state index contributed by atoms with van der Waals surface area (Å²) in [5.41, 5.74) is 0.977. The Bertz CT molecular complexity index is 701. The van der Waals surface area contributed by atoms with E-state index in [1.54, 1.807) is 6.20 Å². The summed E-state index contributed by atoms with van der Waals surface area (Å²) in [6, 6.07) is 10.1. The van der Waals surface area contributed by atoms with E-state index in [2.05, 4.69) is 27.4 Å². The average molecular weight is 370 g/mol. The Balaban J connectivity index is 1.42. The molecule has 3 rings (SSSR count). The standard InChI is InChI=1S/C21H30N4O2/c1-2-3-12-25-13-8-7-11-18(25)14-23-21(26)24-16-20-22-15-19(27-20)17-9-5-4-6-10-17/h4-6,9-10,15,18H,2-3,7-8,11-14,16H2,1H3,(H2,23,24,26). The van der Waals surface area contributed by atoms with Gasteiger partial charge in [0.05, 0.1) is 12.7 Å². The lowest BCUT2D eigenvalue weighted by atomic mass is 10.0. The highest BCUT2D eigenvalue weighted by atomic mass is 16.4. The summed E-state index contributed by atoms with van der Waals surface area (Å²) in [6.07, 6.45) is 7.78. The molecule has 2 N–H and O–H groups in total. The Morgan fingerprint density at radius 1 is 1.26 bits per heavy atom. The zero-order valence-corrected chi connectivity index (χ0v) is 16.1. The molecule has 1 aromatic heterocycles. The molecule has 6 heteroatoms. The number of hydrogen-bond donors (Lipinski definition) is 2. The Kier molecular flexibility index (Phi) is 7.27. The topological polar surface area (TPSA) is 70.4 Å². The highest BCUT2D eigenvalue weighted by Gasteiger charge is 2.22. The largest absolute Gasteiger partial charge is 0.439 e. The van der Waals surface area contributed by atoms with Crippen LogP contribution in [0.4, 0.5) is 4.79 Å². The maximum absolute atomic E-state index is 12.1. The number of carbonyl (C=O) groups is 1. The molecule has 0 bridgehead atoms. The van der Waals surface area contributed by atoms with Gasteiger partial charge in [0.1, 0.15) is 0 Å². The normalized spacial score (nSPS) is 17.6. The maximum Gasteiger partial charge on any atom is 0.315 e. The van der Waals surface area contributed by atoms with Crippen LogP contribution in [0.5, 0.6) is 0 Å². The third kappa shape index (κ3) is 5.82. The van der Waals surface area contributed by atoms with E-state index in [1.807, 2.05) is 30.3 Å². The van der Waals surface area contributed by atoms with Crippen LogP contribution < -0.4 is 10.6 Å². The molecule has 0 radical (unpaired) electrons. The van der Waals surface area contributed by atoms with E-state index in [1.165, 1.54) is 25.7 Å². The number of piperidine rings is 1. The van der Waals surface area contributed by atoms with Crippen LogP contribution in [0.3, 0.4) is 0 Å². The number of nitrogens with zero attached hydrogens (tertiary/aromatic N) is 2. The number of oxazole rings is 1. The second-order valence-corrected chi connectivity index (χ2v) is 7.09. The van der Waals surface area contributed by atoms with Gasteiger partial charge in [0.2, 0.25) is 5.89 Å². The summed E-state index contributed by atoms with van der Waals surface area (Å²) in [6.45, 7) is 5.46. The van der Waals surface area contributed by atoms with Crippen molar-refractivity contribution in [3.05, 3.63) is 42.4 Å². The molecule has 27 heavy (non-hydrogen) atoms. The first-order chi connectivity index (χ1) is 13.3. The quantitative estimate of drug-likeness (QED) is 0.742. The van der Waals surface area contributed by atoms with Gasteiger partial charge in [-0.25, -0.2) is 9.78 Å². The number of rotatable bonds is 8. The van der Waals surface area contributed by atoms with Crippen LogP contribution in [-0.2, 0) is 6.54 Å². The fraction of sp³-hybridized carbons (Fsp3) is 0.524. The van der Waals surface area contributed by atoms with Gasteiger partial charge in [-0.2, -0.15) is 0 Å². The lowest BCUT2D eigenvalue weighted by Gasteiger charge is -2.35. The van der Waals surface area contributed by atoms with Gasteiger partial charge in [-0.1, -0.05) is 50.1 Å². The number of carbonyl (C=O) groups excluding carboxylic acids is 1. The van der Waals surface area contributed by atoms with Gasteiger partial charge in [-0.3, -0.25) is 4.90 Å². The summed E-state index contributed by atoms with van der Waals surface area (Å²) in [5, 5.41) is 5.84. The second kappa shape index (κ2) is 10.1. The van der Waals surface area contributed by atoms with Crippen molar-refractivity contribution < 1.29 is 9.21 Å². The lowest BCUT2D eigenvalue weighted by molar-refractivity contribution is 0.144. The molecule has 6 nitrogen and oxygen atoms in total. The molecule has 1 aromatic carbocycles. The minimum atomic E-state index is -0.171. The van der Waals surface area contributed by atoms with E-state index >= 15 is 0 Å². The number of benzene rings is 1. The van der Waals surface area contributed by atoms with Gasteiger partial charge in [-0.15, -0.1) is 0 Å². The molecule has 0 aliphatic carbocycles. The van der Waals surface area contributed by atoms with Crippen LogP contribution in [0, 0.1) is 0 Å². The fourth-order valence-corrected chi connectivity index (χ4v) is 3.50. The minimum Gasteiger partial charge on any atom is -0.439 e. The lowest BCUT2D eigenvalue weighted by Crippen LogP contribution is -2.48. The van der Waals surface area contributed by atoms with Crippen LogP contribution in [0.1, 0.15) is 44.9 Å². The molecule has 0 spiro atoms. The van der Waals surface area contributed by atoms with E-state index in [0.717, 1.165) is 25.1 Å². The van der Waals surface area contributed by atoms with Crippen LogP contribution in [0.15, 0.2) is 40.9 Å². The molecule has 0 saturated carbocycles. The van der Waals surface area contributed by atoms with Gasteiger partial charge in [0.15, 0.2) is 5.76 Å². The summed E-state index contributed by atoms with van der Waals surface area (Å²) in [7, 11) is 0. The minimum absolute atomic E-state index is 0.171. The number of urea groups is 1. The van der Waals surface area contributed by atoms with Crippen molar-refractivity contribution in [2.45, 2.75) is 51.6 Å². The molecule has 1 aliphatic heterocycles. The number of amides is 2. The van der Waals surface area contributed by atoms with Crippen LogP contribution in [-0.4, -0.2) is 41.6 Å². The van der Waals surface area contributed by atoms with Crippen molar-refractivity contribution in [3.8, 4) is 11.3 Å². The van der Waals surface area contributed by atoms with Crippen molar-refractivity contribution in [2.75, 3.05) is 19.6 Å². The number of likely N-dealkylation sites (tertiary alicyclic amines) is 1. The predicted octanol–water partition coefficient (Wildman–Crippen LogP) is 3.80. The molecular formula is C21H30N4O2. The van der Waals surface area contributed by atoms with E-state index in [0.29, 0.717) is 24.2 Å². The Hall–Kier alpha value is -2.34.